The van der Waals surface area contributed by atoms with Gasteiger partial charge in [0.25, 0.3) is 0 Å². The van der Waals surface area contributed by atoms with Crippen molar-refractivity contribution in [1.29, 1.82) is 0 Å². The predicted octanol–water partition coefficient (Wildman–Crippen LogP) is 2.56. The molecule has 1 aromatic carbocycles. The number of aryl methyl sites for hydroxylation is 2. The number of hydrogen-bond donors (Lipinski definition) is 1. The first-order valence-corrected chi connectivity index (χ1v) is 8.30. The molecule has 0 saturated carbocycles. The molecule has 2 heterocycles. The van der Waals surface area contributed by atoms with Crippen LogP contribution in [0.2, 0.25) is 0 Å². The average molecular weight is 349 g/mol. The van der Waals surface area contributed by atoms with Gasteiger partial charge in [0.1, 0.15) is 11.6 Å². The summed E-state index contributed by atoms with van der Waals surface area (Å²) in [6, 6.07) is 3.35. The number of aliphatic carboxylic acids is 1. The second-order valence-electron chi connectivity index (χ2n) is 6.54. The van der Waals surface area contributed by atoms with Crippen LogP contribution in [-0.4, -0.2) is 38.8 Å². The molecule has 2 atom stereocenters. The third-order valence-corrected chi connectivity index (χ3v) is 4.80. The maximum atomic E-state index is 14.2. The molecule has 0 aliphatic carbocycles. The van der Waals surface area contributed by atoms with Crippen LogP contribution in [0.25, 0.3) is 0 Å². The van der Waals surface area contributed by atoms with E-state index in [2.05, 4.69) is 5.10 Å². The second kappa shape index (κ2) is 6.92. The first-order valence-electron chi connectivity index (χ1n) is 8.30. The Morgan fingerprint density at radius 3 is 2.76 bits per heavy atom. The minimum Gasteiger partial charge on any atom is -0.481 e. The molecular formula is C18H21F2N3O2. The molecule has 0 bridgehead atoms. The van der Waals surface area contributed by atoms with Crippen LogP contribution in [0, 0.1) is 17.6 Å². The Morgan fingerprint density at radius 1 is 1.36 bits per heavy atom. The summed E-state index contributed by atoms with van der Waals surface area (Å²) in [7, 11) is 1.85. The molecule has 25 heavy (non-hydrogen) atoms. The number of nitrogens with zero attached hydrogens (tertiary/aromatic N) is 3. The molecular weight excluding hydrogens is 328 g/mol. The molecule has 0 unspecified atom stereocenters. The number of halogens is 2. The lowest BCUT2D eigenvalue weighted by atomic mass is 9.88. The fraction of sp³-hybridized carbons (Fsp3) is 0.444. The predicted molar refractivity (Wildman–Crippen MR) is 88.1 cm³/mol. The van der Waals surface area contributed by atoms with E-state index in [0.717, 1.165) is 23.7 Å². The summed E-state index contributed by atoms with van der Waals surface area (Å²) in [5.74, 6) is -3.53. The molecule has 1 saturated heterocycles. The zero-order valence-corrected chi connectivity index (χ0v) is 14.2. The van der Waals surface area contributed by atoms with E-state index in [9.17, 15) is 18.7 Å². The van der Waals surface area contributed by atoms with Crippen molar-refractivity contribution >= 4 is 5.97 Å². The van der Waals surface area contributed by atoms with Gasteiger partial charge in [0, 0.05) is 50.4 Å². The highest BCUT2D eigenvalue weighted by atomic mass is 19.1. The summed E-state index contributed by atoms with van der Waals surface area (Å²) >= 11 is 0. The summed E-state index contributed by atoms with van der Waals surface area (Å²) in [4.78, 5) is 13.7. The Morgan fingerprint density at radius 2 is 2.12 bits per heavy atom. The Balaban J connectivity index is 1.84. The summed E-state index contributed by atoms with van der Waals surface area (Å²) in [6.07, 6.45) is 2.73. The first kappa shape index (κ1) is 17.5. The molecule has 134 valence electrons. The summed E-state index contributed by atoms with van der Waals surface area (Å²) < 4.78 is 29.1. The third-order valence-electron chi connectivity index (χ3n) is 4.80. The van der Waals surface area contributed by atoms with Crippen LogP contribution in [0.15, 0.2) is 24.4 Å². The minimum absolute atomic E-state index is 0.262. The fourth-order valence-corrected chi connectivity index (χ4v) is 3.64. The van der Waals surface area contributed by atoms with Gasteiger partial charge in [-0.1, -0.05) is 13.0 Å². The number of likely N-dealkylation sites (tertiary alicyclic amines) is 1. The molecule has 1 aliphatic heterocycles. The maximum Gasteiger partial charge on any atom is 0.308 e. The van der Waals surface area contributed by atoms with Crippen molar-refractivity contribution in [2.45, 2.75) is 25.8 Å². The van der Waals surface area contributed by atoms with E-state index in [4.69, 9.17) is 0 Å². The molecule has 0 radical (unpaired) electrons. The van der Waals surface area contributed by atoms with Crippen LogP contribution in [0.1, 0.15) is 29.7 Å². The summed E-state index contributed by atoms with van der Waals surface area (Å²) in [6.45, 7) is 3.33. The Hall–Kier alpha value is -2.28. The van der Waals surface area contributed by atoms with Gasteiger partial charge >= 0.3 is 5.97 Å². The lowest BCUT2D eigenvalue weighted by Gasteiger charge is -2.16. The van der Waals surface area contributed by atoms with Crippen molar-refractivity contribution in [3.8, 4) is 0 Å². The van der Waals surface area contributed by atoms with E-state index < -0.39 is 29.4 Å². The highest BCUT2D eigenvalue weighted by Gasteiger charge is 2.39. The van der Waals surface area contributed by atoms with Crippen LogP contribution >= 0.6 is 0 Å². The molecule has 2 aromatic rings. The quantitative estimate of drug-likeness (QED) is 0.901. The van der Waals surface area contributed by atoms with Crippen LogP contribution in [-0.2, 0) is 24.8 Å². The van der Waals surface area contributed by atoms with Crippen LogP contribution in [0.5, 0.6) is 0 Å². The van der Waals surface area contributed by atoms with Gasteiger partial charge in [-0.05, 0) is 18.1 Å². The lowest BCUT2D eigenvalue weighted by Crippen LogP contribution is -2.23. The van der Waals surface area contributed by atoms with E-state index >= 15 is 0 Å². The number of aromatic nitrogens is 2. The zero-order chi connectivity index (χ0) is 18.1. The zero-order valence-electron chi connectivity index (χ0n) is 14.2. The van der Waals surface area contributed by atoms with Crippen LogP contribution in [0.4, 0.5) is 8.78 Å². The van der Waals surface area contributed by atoms with Gasteiger partial charge in [-0.3, -0.25) is 14.4 Å². The van der Waals surface area contributed by atoms with Gasteiger partial charge in [0.2, 0.25) is 0 Å². The summed E-state index contributed by atoms with van der Waals surface area (Å²) in [5, 5.41) is 13.9. The van der Waals surface area contributed by atoms with Gasteiger partial charge in [-0.15, -0.1) is 0 Å². The highest BCUT2D eigenvalue weighted by molar-refractivity contribution is 5.72. The van der Waals surface area contributed by atoms with Crippen LogP contribution in [0.3, 0.4) is 0 Å². The fourth-order valence-electron chi connectivity index (χ4n) is 3.64. The SMILES string of the molecule is CCc1nn(C)cc1CN1C[C@H](C(=O)O)[C@@H](c2ccc(F)cc2F)C1. The van der Waals surface area contributed by atoms with Crippen molar-refractivity contribution in [3.63, 3.8) is 0 Å². The molecule has 0 amide bonds. The lowest BCUT2D eigenvalue weighted by molar-refractivity contribution is -0.141. The standard InChI is InChI=1S/C18H21F2N3O2/c1-3-17-11(7-22(2)21-17)8-23-9-14(15(10-23)18(24)25)13-5-4-12(19)6-16(13)20/h4-7,14-15H,3,8-10H2,1-2H3,(H,24,25)/t14-,15+/m1/s1. The van der Waals surface area contributed by atoms with Crippen LogP contribution < -0.4 is 0 Å². The van der Waals surface area contributed by atoms with E-state index in [1.54, 1.807) is 4.68 Å². The molecule has 3 rings (SSSR count). The van der Waals surface area contributed by atoms with Gasteiger partial charge in [0.15, 0.2) is 0 Å². The monoisotopic (exact) mass is 349 g/mol. The molecule has 1 N–H and O–H groups in total. The third kappa shape index (κ3) is 3.56. The molecule has 0 spiro atoms. The first-order chi connectivity index (χ1) is 11.9. The topological polar surface area (TPSA) is 58.4 Å². The average Bonchev–Trinajstić information content (AvgIpc) is 3.11. The Labute approximate surface area is 144 Å². The summed E-state index contributed by atoms with van der Waals surface area (Å²) in [5.41, 5.74) is 2.29. The van der Waals surface area contributed by atoms with Gasteiger partial charge in [-0.25, -0.2) is 8.78 Å². The van der Waals surface area contributed by atoms with Crippen molar-refractivity contribution in [1.82, 2.24) is 14.7 Å². The number of rotatable bonds is 5. The number of carboxylic acids is 1. The van der Waals surface area contributed by atoms with E-state index in [-0.39, 0.29) is 5.56 Å². The number of benzene rings is 1. The molecule has 7 heteroatoms. The molecule has 1 aromatic heterocycles. The van der Waals surface area contributed by atoms with Crippen molar-refractivity contribution in [3.05, 3.63) is 52.9 Å². The normalized spacial score (nSPS) is 21.0. The van der Waals surface area contributed by atoms with E-state index in [1.165, 1.54) is 12.1 Å². The van der Waals surface area contributed by atoms with Gasteiger partial charge in [0.05, 0.1) is 11.6 Å². The number of carbonyl (C=O) groups is 1. The highest BCUT2D eigenvalue weighted by Crippen LogP contribution is 2.35. The van der Waals surface area contributed by atoms with Crippen molar-refractivity contribution in [2.75, 3.05) is 13.1 Å². The van der Waals surface area contributed by atoms with E-state index in [1.807, 2.05) is 25.1 Å². The molecule has 1 fully saturated rings. The van der Waals surface area contributed by atoms with Crippen molar-refractivity contribution in [2.24, 2.45) is 13.0 Å². The van der Waals surface area contributed by atoms with E-state index in [0.29, 0.717) is 19.6 Å². The second-order valence-corrected chi connectivity index (χ2v) is 6.54. The smallest absolute Gasteiger partial charge is 0.308 e. The number of hydrogen-bond acceptors (Lipinski definition) is 3. The maximum absolute atomic E-state index is 14.2. The van der Waals surface area contributed by atoms with Crippen molar-refractivity contribution < 1.29 is 18.7 Å². The number of carboxylic acid groups (broad SMARTS) is 1. The Bertz CT molecular complexity index is 791. The molecule has 5 nitrogen and oxygen atoms in total. The Kier molecular flexibility index (Phi) is 4.85. The largest absolute Gasteiger partial charge is 0.481 e. The minimum atomic E-state index is -0.960. The molecule has 1 aliphatic rings. The van der Waals surface area contributed by atoms with Gasteiger partial charge in [-0.2, -0.15) is 5.10 Å². The van der Waals surface area contributed by atoms with Gasteiger partial charge < -0.3 is 5.11 Å².